The minimum Gasteiger partial charge on any atom is -0.497 e. The van der Waals surface area contributed by atoms with Gasteiger partial charge in [-0.05, 0) is 13.1 Å². The summed E-state index contributed by atoms with van der Waals surface area (Å²) in [5.74, 6) is 1.12. The van der Waals surface area contributed by atoms with Crippen LogP contribution in [0.25, 0.3) is 0 Å². The molecule has 1 rings (SSSR count). The molecule has 5 heteroatoms. The Hall–Kier alpha value is -0.970. The van der Waals surface area contributed by atoms with Crippen LogP contribution in [0.5, 0.6) is 11.5 Å². The normalized spacial score (nSPS) is 12.3. The van der Waals surface area contributed by atoms with Crippen molar-refractivity contribution in [2.24, 2.45) is 0 Å². The molecule has 0 aliphatic rings. The Morgan fingerprint density at radius 1 is 1.38 bits per heavy atom. The zero-order valence-corrected chi connectivity index (χ0v) is 10.3. The van der Waals surface area contributed by atoms with Crippen molar-refractivity contribution in [3.05, 3.63) is 22.7 Å². The number of hydrogen-bond acceptors (Lipinski definition) is 4. The van der Waals surface area contributed by atoms with Gasteiger partial charge in [0.05, 0.1) is 25.3 Å². The summed E-state index contributed by atoms with van der Waals surface area (Å²) >= 11 is 6.07. The number of halogens is 1. The van der Waals surface area contributed by atoms with Crippen molar-refractivity contribution >= 4 is 11.6 Å². The molecule has 1 aromatic carbocycles. The first-order valence-electron chi connectivity index (χ1n) is 4.88. The molecule has 0 fully saturated rings. The molecule has 0 bridgehead atoms. The average molecular weight is 246 g/mol. The Balaban J connectivity index is 3.15. The number of ether oxygens (including phenoxy) is 2. The molecule has 0 radical (unpaired) electrons. The second-order valence-corrected chi connectivity index (χ2v) is 3.71. The molecule has 0 aromatic heterocycles. The van der Waals surface area contributed by atoms with Crippen molar-refractivity contribution in [1.29, 1.82) is 0 Å². The van der Waals surface area contributed by atoms with Crippen LogP contribution in [0.2, 0.25) is 5.02 Å². The smallest absolute Gasteiger partial charge is 0.129 e. The van der Waals surface area contributed by atoms with Crippen LogP contribution in [-0.4, -0.2) is 32.9 Å². The SMILES string of the molecule is CNCC(O)c1c(Cl)cc(OC)cc1OC. The Morgan fingerprint density at radius 3 is 2.56 bits per heavy atom. The van der Waals surface area contributed by atoms with Crippen LogP contribution in [0.1, 0.15) is 11.7 Å². The third kappa shape index (κ3) is 2.78. The lowest BCUT2D eigenvalue weighted by atomic mass is 10.1. The summed E-state index contributed by atoms with van der Waals surface area (Å²) in [6.45, 7) is 0.405. The minimum absolute atomic E-state index is 0.405. The molecule has 0 saturated carbocycles. The van der Waals surface area contributed by atoms with Crippen molar-refractivity contribution in [3.8, 4) is 11.5 Å². The van der Waals surface area contributed by atoms with Crippen LogP contribution < -0.4 is 14.8 Å². The van der Waals surface area contributed by atoms with Crippen molar-refractivity contribution in [3.63, 3.8) is 0 Å². The van der Waals surface area contributed by atoms with Crippen LogP contribution in [0.15, 0.2) is 12.1 Å². The number of nitrogens with one attached hydrogen (secondary N) is 1. The fourth-order valence-electron chi connectivity index (χ4n) is 1.47. The van der Waals surface area contributed by atoms with Gasteiger partial charge in [-0.25, -0.2) is 0 Å². The largest absolute Gasteiger partial charge is 0.497 e. The van der Waals surface area contributed by atoms with E-state index in [1.165, 1.54) is 7.11 Å². The molecule has 1 atom stereocenters. The summed E-state index contributed by atoms with van der Waals surface area (Å²) in [4.78, 5) is 0. The third-order valence-corrected chi connectivity index (χ3v) is 2.56. The van der Waals surface area contributed by atoms with Gasteiger partial charge in [-0.1, -0.05) is 11.6 Å². The molecule has 2 N–H and O–H groups in total. The van der Waals surface area contributed by atoms with Gasteiger partial charge in [0.15, 0.2) is 0 Å². The fraction of sp³-hybridized carbons (Fsp3) is 0.455. The van der Waals surface area contributed by atoms with E-state index >= 15 is 0 Å². The zero-order valence-electron chi connectivity index (χ0n) is 9.58. The molecule has 0 heterocycles. The van der Waals surface area contributed by atoms with Gasteiger partial charge in [-0.15, -0.1) is 0 Å². The molecule has 0 aliphatic heterocycles. The number of rotatable bonds is 5. The Morgan fingerprint density at radius 2 is 2.06 bits per heavy atom. The van der Waals surface area contributed by atoms with E-state index in [1.54, 1.807) is 26.3 Å². The number of hydrogen-bond donors (Lipinski definition) is 2. The van der Waals surface area contributed by atoms with Gasteiger partial charge in [0.1, 0.15) is 11.5 Å². The predicted octanol–water partition coefficient (Wildman–Crippen LogP) is 1.61. The molecular weight excluding hydrogens is 230 g/mol. The van der Waals surface area contributed by atoms with Crippen molar-refractivity contribution in [2.75, 3.05) is 27.8 Å². The topological polar surface area (TPSA) is 50.7 Å². The first kappa shape index (κ1) is 13.1. The molecular formula is C11H16ClNO3. The Bertz CT molecular complexity index is 357. The molecule has 16 heavy (non-hydrogen) atoms. The van der Waals surface area contributed by atoms with E-state index in [-0.39, 0.29) is 0 Å². The van der Waals surface area contributed by atoms with Gasteiger partial charge >= 0.3 is 0 Å². The fourth-order valence-corrected chi connectivity index (χ4v) is 1.80. The molecule has 0 amide bonds. The van der Waals surface area contributed by atoms with Crippen LogP contribution in [0.4, 0.5) is 0 Å². The monoisotopic (exact) mass is 245 g/mol. The predicted molar refractivity (Wildman–Crippen MR) is 63.4 cm³/mol. The van der Waals surface area contributed by atoms with Gasteiger partial charge in [-0.2, -0.15) is 0 Å². The quantitative estimate of drug-likeness (QED) is 0.828. The summed E-state index contributed by atoms with van der Waals surface area (Å²) in [5, 5.41) is 13.2. The minimum atomic E-state index is -0.710. The molecule has 1 aromatic rings. The van der Waals surface area contributed by atoms with E-state index in [1.807, 2.05) is 0 Å². The van der Waals surface area contributed by atoms with E-state index in [2.05, 4.69) is 5.32 Å². The summed E-state index contributed by atoms with van der Waals surface area (Å²) < 4.78 is 10.3. The summed E-state index contributed by atoms with van der Waals surface area (Å²) in [5.41, 5.74) is 0.569. The lowest BCUT2D eigenvalue weighted by molar-refractivity contribution is 0.173. The molecule has 90 valence electrons. The number of likely N-dealkylation sites (N-methyl/N-ethyl adjacent to an activating group) is 1. The average Bonchev–Trinajstić information content (AvgIpc) is 2.27. The first-order valence-corrected chi connectivity index (χ1v) is 5.26. The lowest BCUT2D eigenvalue weighted by Crippen LogP contribution is -2.17. The van der Waals surface area contributed by atoms with Gasteiger partial charge in [0, 0.05) is 18.2 Å². The highest BCUT2D eigenvalue weighted by atomic mass is 35.5. The zero-order chi connectivity index (χ0) is 12.1. The van der Waals surface area contributed by atoms with E-state index < -0.39 is 6.10 Å². The van der Waals surface area contributed by atoms with E-state index in [4.69, 9.17) is 21.1 Å². The summed E-state index contributed by atoms with van der Waals surface area (Å²) in [6.07, 6.45) is -0.710. The maximum atomic E-state index is 9.91. The van der Waals surface area contributed by atoms with Gasteiger partial charge in [0.25, 0.3) is 0 Å². The van der Waals surface area contributed by atoms with Crippen molar-refractivity contribution in [2.45, 2.75) is 6.10 Å². The summed E-state index contributed by atoms with van der Waals surface area (Å²) in [6, 6.07) is 3.35. The molecule has 1 unspecified atom stereocenters. The van der Waals surface area contributed by atoms with E-state index in [0.717, 1.165) is 0 Å². The Labute approximate surface area is 100 Å². The number of aliphatic hydroxyl groups excluding tert-OH is 1. The van der Waals surface area contributed by atoms with Crippen LogP contribution in [-0.2, 0) is 0 Å². The first-order chi connectivity index (χ1) is 7.63. The maximum absolute atomic E-state index is 9.91. The molecule has 4 nitrogen and oxygen atoms in total. The highest BCUT2D eigenvalue weighted by molar-refractivity contribution is 6.31. The molecule has 0 aliphatic carbocycles. The van der Waals surface area contributed by atoms with Gasteiger partial charge in [-0.3, -0.25) is 0 Å². The van der Waals surface area contributed by atoms with E-state index in [9.17, 15) is 5.11 Å². The second-order valence-electron chi connectivity index (χ2n) is 3.30. The van der Waals surface area contributed by atoms with Crippen LogP contribution in [0.3, 0.4) is 0 Å². The number of benzene rings is 1. The number of aliphatic hydroxyl groups is 1. The van der Waals surface area contributed by atoms with Crippen molar-refractivity contribution < 1.29 is 14.6 Å². The molecule has 0 saturated heterocycles. The van der Waals surface area contributed by atoms with Crippen LogP contribution >= 0.6 is 11.6 Å². The third-order valence-electron chi connectivity index (χ3n) is 2.25. The van der Waals surface area contributed by atoms with Crippen molar-refractivity contribution in [1.82, 2.24) is 5.32 Å². The van der Waals surface area contributed by atoms with Gasteiger partial charge < -0.3 is 19.9 Å². The Kier molecular flexibility index (Phi) is 4.86. The highest BCUT2D eigenvalue weighted by Gasteiger charge is 2.18. The highest BCUT2D eigenvalue weighted by Crippen LogP contribution is 2.36. The molecule has 0 spiro atoms. The van der Waals surface area contributed by atoms with Crippen LogP contribution in [0, 0.1) is 0 Å². The number of methoxy groups -OCH3 is 2. The second kappa shape index (κ2) is 5.94. The maximum Gasteiger partial charge on any atom is 0.129 e. The lowest BCUT2D eigenvalue weighted by Gasteiger charge is -2.17. The van der Waals surface area contributed by atoms with Gasteiger partial charge in [0.2, 0.25) is 0 Å². The van der Waals surface area contributed by atoms with E-state index in [0.29, 0.717) is 28.6 Å². The standard InChI is InChI=1S/C11H16ClNO3/c1-13-6-9(14)11-8(12)4-7(15-2)5-10(11)16-3/h4-5,9,13-14H,6H2,1-3H3. The summed E-state index contributed by atoms with van der Waals surface area (Å²) in [7, 11) is 4.84.